The van der Waals surface area contributed by atoms with Crippen molar-refractivity contribution in [3.63, 3.8) is 0 Å². The van der Waals surface area contributed by atoms with Crippen LogP contribution in [0.2, 0.25) is 0 Å². The molecule has 0 amide bonds. The molecular weight excluding hydrogens is 228 g/mol. The summed E-state index contributed by atoms with van der Waals surface area (Å²) in [6.07, 6.45) is 0. The number of benzene rings is 1. The predicted molar refractivity (Wildman–Crippen MR) is 70.3 cm³/mol. The van der Waals surface area contributed by atoms with Crippen molar-refractivity contribution in [3.05, 3.63) is 5.56 Å². The first-order chi connectivity index (χ1) is 7.93. The van der Waals surface area contributed by atoms with E-state index in [4.69, 9.17) is 45.0 Å². The predicted octanol–water partition coefficient (Wildman–Crippen LogP) is -4.35. The van der Waals surface area contributed by atoms with Gasteiger partial charge in [-0.25, -0.2) is 0 Å². The number of nitrogens with two attached hydrogens (primary N) is 1. The number of hydrogen-bond acceptors (Lipinski definition) is 5. The van der Waals surface area contributed by atoms with E-state index < -0.39 is 44.6 Å². The molecule has 0 saturated carbocycles. The Morgan fingerprint density at radius 2 is 1.17 bits per heavy atom. The lowest BCUT2D eigenvalue weighted by molar-refractivity contribution is 0.111. The summed E-state index contributed by atoms with van der Waals surface area (Å²) in [5, 5.41) is 35.8. The minimum atomic E-state index is -2.66. The molecule has 0 fully saturated rings. The molecule has 0 aliphatic rings. The van der Waals surface area contributed by atoms with Crippen molar-refractivity contribution >= 4 is 50.2 Å². The second-order valence-corrected chi connectivity index (χ2v) is 3.95. The molecule has 1 aromatic rings. The fourth-order valence-corrected chi connectivity index (χ4v) is 1.38. The number of phenolic OH excluding ortho intramolecular Hbond substituents is 3. The Balaban J connectivity index is 3.72. The lowest BCUT2D eigenvalue weighted by atomic mass is 9.44. The van der Waals surface area contributed by atoms with Gasteiger partial charge >= 0.3 is 0 Å². The van der Waals surface area contributed by atoms with Crippen LogP contribution in [-0.4, -0.2) is 65.0 Å². The van der Waals surface area contributed by atoms with Crippen molar-refractivity contribution in [1.82, 2.24) is 0 Å². The molecule has 10 heteroatoms. The quantitative estimate of drug-likeness (QED) is 0.263. The molecule has 10 radical (unpaired) electrons. The maximum Gasteiger partial charge on any atom is 0.198 e. The largest absolute Gasteiger partial charge is 0.505 e. The number of aliphatic hydroxyl groups is 1. The van der Waals surface area contributed by atoms with Crippen LogP contribution in [0, 0.1) is 0 Å². The highest BCUT2D eigenvalue weighted by molar-refractivity contribution is 6.48. The number of phenols is 3. The van der Waals surface area contributed by atoms with E-state index in [-0.39, 0.29) is 0 Å². The van der Waals surface area contributed by atoms with Gasteiger partial charge in [0, 0.05) is 5.50 Å². The average Bonchev–Trinajstić information content (AvgIpc) is 2.22. The topological polar surface area (TPSA) is 107 Å². The van der Waals surface area contributed by atoms with E-state index in [2.05, 4.69) is 0 Å². The number of rotatable bonds is 2. The van der Waals surface area contributed by atoms with Crippen molar-refractivity contribution in [2.75, 3.05) is 0 Å². The Morgan fingerprint density at radius 3 is 1.44 bits per heavy atom. The molecule has 0 unspecified atom stereocenters. The van der Waals surface area contributed by atoms with Crippen LogP contribution in [0.1, 0.15) is 5.56 Å². The molecule has 0 aliphatic heterocycles. The molecule has 1 rings (SSSR count). The Kier molecular flexibility index (Phi) is 3.49. The van der Waals surface area contributed by atoms with Crippen LogP contribution in [0.15, 0.2) is 0 Å². The third-order valence-electron chi connectivity index (χ3n) is 2.54. The minimum absolute atomic E-state index is 0.595. The summed E-state index contributed by atoms with van der Waals surface area (Å²) in [4.78, 5) is 0. The van der Waals surface area contributed by atoms with Gasteiger partial charge in [0.25, 0.3) is 0 Å². The van der Waals surface area contributed by atoms with Crippen molar-refractivity contribution in [3.8, 4) is 17.2 Å². The minimum Gasteiger partial charge on any atom is -0.505 e. The van der Waals surface area contributed by atoms with Gasteiger partial charge in [-0.3, -0.25) is 0 Å². The van der Waals surface area contributed by atoms with Crippen molar-refractivity contribution in [2.24, 2.45) is 5.73 Å². The SMILES string of the molecule is [B]c1c(O)c(O)c(O)c([B])c1[C@@]([B])(O)C([B])([B])N. The molecule has 6 N–H and O–H groups in total. The molecule has 0 spiro atoms. The van der Waals surface area contributed by atoms with E-state index in [9.17, 15) is 20.4 Å². The normalized spacial score (nSPS) is 15.2. The lowest BCUT2D eigenvalue weighted by Crippen LogP contribution is -2.63. The summed E-state index contributed by atoms with van der Waals surface area (Å²) in [5.41, 5.74) is 0.782. The summed E-state index contributed by atoms with van der Waals surface area (Å²) in [6.45, 7) is 0. The van der Waals surface area contributed by atoms with Crippen molar-refractivity contribution in [2.45, 2.75) is 10.8 Å². The standard InChI is InChI=1S/C8H6B5NO4/c9-2-1(7(11,18)8(12,13)14)3(10)5(16)6(17)4(2)15/h15-18H,14H2/t7-/m1/s1. The molecule has 18 heavy (non-hydrogen) atoms. The van der Waals surface area contributed by atoms with Crippen molar-refractivity contribution in [1.29, 1.82) is 0 Å². The van der Waals surface area contributed by atoms with E-state index in [0.29, 0.717) is 0 Å². The first-order valence-corrected chi connectivity index (χ1v) is 4.63. The summed E-state index contributed by atoms with van der Waals surface area (Å²) in [7, 11) is 26.8. The Bertz CT molecular complexity index is 470. The Labute approximate surface area is 110 Å². The molecule has 1 atom stereocenters. The zero-order valence-electron chi connectivity index (χ0n) is 9.25. The second kappa shape index (κ2) is 4.21. The van der Waals surface area contributed by atoms with E-state index in [1.165, 1.54) is 0 Å². The maximum absolute atomic E-state index is 9.96. The van der Waals surface area contributed by atoms with E-state index >= 15 is 0 Å². The van der Waals surface area contributed by atoms with Gasteiger partial charge in [0.05, 0.1) is 15.7 Å². The monoisotopic (exact) mass is 235 g/mol. The average molecular weight is 234 g/mol. The zero-order chi connectivity index (χ0) is 14.5. The Hall–Kier alpha value is -1.14. The zero-order valence-corrected chi connectivity index (χ0v) is 9.25. The highest BCUT2D eigenvalue weighted by Gasteiger charge is 2.39. The highest BCUT2D eigenvalue weighted by atomic mass is 16.3. The van der Waals surface area contributed by atoms with E-state index in [1.54, 1.807) is 0 Å². The second-order valence-electron chi connectivity index (χ2n) is 3.95. The molecule has 5 nitrogen and oxygen atoms in total. The van der Waals surface area contributed by atoms with Crippen LogP contribution in [0.5, 0.6) is 17.2 Å². The first kappa shape index (κ1) is 14.9. The lowest BCUT2D eigenvalue weighted by Gasteiger charge is -2.42. The summed E-state index contributed by atoms with van der Waals surface area (Å²) in [6, 6.07) is 0. The van der Waals surface area contributed by atoms with Crippen LogP contribution in [0.25, 0.3) is 0 Å². The van der Waals surface area contributed by atoms with Gasteiger partial charge in [-0.1, -0.05) is 0 Å². The fourth-order valence-electron chi connectivity index (χ4n) is 1.38. The maximum atomic E-state index is 9.96. The van der Waals surface area contributed by atoms with Gasteiger partial charge in [0.1, 0.15) is 23.5 Å². The highest BCUT2D eigenvalue weighted by Crippen LogP contribution is 2.35. The van der Waals surface area contributed by atoms with Crippen LogP contribution >= 0.6 is 0 Å². The number of aromatic hydroxyl groups is 3. The number of hydrogen-bond donors (Lipinski definition) is 5. The molecule has 0 heterocycles. The van der Waals surface area contributed by atoms with E-state index in [0.717, 1.165) is 0 Å². The molecule has 82 valence electrons. The summed E-state index contributed by atoms with van der Waals surface area (Å²) < 4.78 is 0. The summed E-state index contributed by atoms with van der Waals surface area (Å²) >= 11 is 0. The van der Waals surface area contributed by atoms with Crippen LogP contribution in [0.4, 0.5) is 0 Å². The van der Waals surface area contributed by atoms with Gasteiger partial charge in [-0.15, -0.1) is 0 Å². The third kappa shape index (κ3) is 1.99. The molecule has 0 saturated heterocycles. The first-order valence-electron chi connectivity index (χ1n) is 4.63. The summed E-state index contributed by atoms with van der Waals surface area (Å²) in [5.74, 6) is -2.85. The molecule has 0 aromatic heterocycles. The van der Waals surface area contributed by atoms with Crippen LogP contribution in [-0.2, 0) is 5.50 Å². The van der Waals surface area contributed by atoms with Crippen LogP contribution < -0.4 is 16.7 Å². The van der Waals surface area contributed by atoms with E-state index in [1.807, 2.05) is 0 Å². The van der Waals surface area contributed by atoms with Gasteiger partial charge in [-0.05, 0) is 21.8 Å². The molecule has 0 bridgehead atoms. The van der Waals surface area contributed by atoms with Crippen LogP contribution in [0.3, 0.4) is 0 Å². The van der Waals surface area contributed by atoms with Crippen molar-refractivity contribution < 1.29 is 20.4 Å². The fraction of sp³-hybridized carbons (Fsp3) is 0.250. The third-order valence-corrected chi connectivity index (χ3v) is 2.54. The molecule has 1 aromatic carbocycles. The Morgan fingerprint density at radius 1 is 0.833 bits per heavy atom. The smallest absolute Gasteiger partial charge is 0.198 e. The molecular formula is C8H6B5NO4. The molecule has 0 aliphatic carbocycles. The van der Waals surface area contributed by atoms with Gasteiger partial charge in [0.15, 0.2) is 17.2 Å². The van der Waals surface area contributed by atoms with Gasteiger partial charge in [0.2, 0.25) is 0 Å². The van der Waals surface area contributed by atoms with Gasteiger partial charge in [-0.2, -0.15) is 0 Å². The van der Waals surface area contributed by atoms with Gasteiger partial charge < -0.3 is 26.2 Å².